The molecule has 3 saturated heterocycles. The number of likely N-dealkylation sites (tertiary alicyclic amines) is 3. The first-order valence-corrected chi connectivity index (χ1v) is 31.3. The first-order valence-electron chi connectivity index (χ1n) is 31.3. The van der Waals surface area contributed by atoms with Crippen molar-refractivity contribution in [3.05, 3.63) is 119 Å². The van der Waals surface area contributed by atoms with Gasteiger partial charge in [0.25, 0.3) is 0 Å². The van der Waals surface area contributed by atoms with Gasteiger partial charge >= 0.3 is 0 Å². The second kappa shape index (κ2) is 26.4. The molecule has 0 spiro atoms. The second-order valence-corrected chi connectivity index (χ2v) is 27.3. The maximum absolute atomic E-state index is 14.6. The lowest BCUT2D eigenvalue weighted by Crippen LogP contribution is -2.64. The third kappa shape index (κ3) is 13.8. The van der Waals surface area contributed by atoms with E-state index in [4.69, 9.17) is 24.7 Å². The normalized spacial score (nSPS) is 28.6. The average molecular weight is 1210 g/mol. The molecule has 6 aliphatic rings. The van der Waals surface area contributed by atoms with Gasteiger partial charge in [0.15, 0.2) is 0 Å². The van der Waals surface area contributed by atoms with Crippen molar-refractivity contribution in [1.82, 2.24) is 46.6 Å². The number of carbonyl (C=O) groups excluding carboxylic acids is 6. The van der Waals surface area contributed by atoms with E-state index < -0.39 is 40.8 Å². The van der Waals surface area contributed by atoms with Crippen molar-refractivity contribution in [1.29, 1.82) is 0 Å². The van der Waals surface area contributed by atoms with Crippen LogP contribution in [-0.4, -0.2) is 153 Å². The molecule has 0 aromatic heterocycles. The van der Waals surface area contributed by atoms with E-state index in [0.717, 1.165) is 45.3 Å². The average Bonchev–Trinajstić information content (AvgIpc) is 0.921. The number of nitrogens with two attached hydrogens (primary N) is 1. The van der Waals surface area contributed by atoms with Crippen molar-refractivity contribution in [2.75, 3.05) is 48.1 Å². The van der Waals surface area contributed by atoms with Crippen molar-refractivity contribution >= 4 is 35.4 Å². The minimum atomic E-state index is -0.588. The van der Waals surface area contributed by atoms with Crippen molar-refractivity contribution in [3.8, 4) is 23.0 Å². The molecule has 3 aliphatic heterocycles. The fourth-order valence-electron chi connectivity index (χ4n) is 14.7. The quantitative estimate of drug-likeness (QED) is 0.0486. The van der Waals surface area contributed by atoms with E-state index in [0.29, 0.717) is 84.3 Å². The molecule has 1 unspecified atom stereocenters. The Morgan fingerprint density at radius 2 is 0.682 bits per heavy atom. The van der Waals surface area contributed by atoms with Crippen molar-refractivity contribution in [2.45, 2.75) is 161 Å². The maximum Gasteiger partial charge on any atom is 0.237 e. The van der Waals surface area contributed by atoms with Gasteiger partial charge in [-0.1, -0.05) is 90.1 Å². The summed E-state index contributed by atoms with van der Waals surface area (Å²) in [6.07, 6.45) is 2.86. The number of hydrogen-bond acceptors (Lipinski definition) is 14. The smallest absolute Gasteiger partial charge is 0.237 e. The summed E-state index contributed by atoms with van der Waals surface area (Å²) in [6, 6.07) is 28.4. The van der Waals surface area contributed by atoms with Crippen LogP contribution in [-0.2, 0) is 54.9 Å². The Hall–Kier alpha value is -7.26. The van der Waals surface area contributed by atoms with E-state index >= 15 is 0 Å². The van der Waals surface area contributed by atoms with Gasteiger partial charge in [0.1, 0.15) is 23.0 Å². The SMILES string of the molecule is COc1ccc(CN[C@@H]2C[C@H](C(=O)N[C@H]3C[C@@H](C(=O)N[C@@H]4C[C@H](C(=O)N[C@H]5C[C@@H](C(=O)NC6C[C@H](C(=O)N[C@H]7C[C@@H](C(N)=O)N(Cc8ccc(OC)cc8)C7)C6(C)C)N(Cc6ccc(OC)cc6)C5)C4(C)C)N(Cc4ccc(OC)cc4)C3)C2(C)C)cc1. The van der Waals surface area contributed by atoms with Gasteiger partial charge in [0.05, 0.1) is 46.6 Å². The van der Waals surface area contributed by atoms with Crippen LogP contribution < -0.4 is 56.6 Å². The van der Waals surface area contributed by atoms with Gasteiger partial charge in [-0.15, -0.1) is 0 Å². The number of ether oxygens (including phenoxy) is 4. The molecule has 0 bridgehead atoms. The minimum Gasteiger partial charge on any atom is -0.497 e. The standard InChI is InChI=1S/C68H92N10O10/c1-66(2)51(30-57(66)70-33-40-11-19-47(85-7)20-12-40)61(80)72-45-28-55(77(38-45)35-42-15-23-49(87-9)24-16-42)64(83)75-59-32-53(68(59,5)6)63(82)73-46-29-56(78(39-46)36-43-17-25-50(88-10)26-18-43)65(84)74-58-31-52(67(58,3)4)62(81)71-44-27-54(60(69)79)76(37-44)34-41-13-21-48(86-8)22-14-41/h11-26,44-46,51-59,70H,27-39H2,1-10H3,(H2,69,79)(H,71,81)(H,72,80)(H,73,82)(H,74,84)(H,75,83)/t44-,45-,46-,51+,52+,53+,54-,55-,56-,57+,58?,59+/m0/s1. The van der Waals surface area contributed by atoms with Crippen LogP contribution in [0, 0.1) is 34.0 Å². The first kappa shape index (κ1) is 63.7. The summed E-state index contributed by atoms with van der Waals surface area (Å²) in [4.78, 5) is 90.5. The van der Waals surface area contributed by atoms with Crippen molar-refractivity contribution < 1.29 is 47.7 Å². The predicted octanol–water partition coefficient (Wildman–Crippen LogP) is 5.05. The molecule has 10 rings (SSSR count). The summed E-state index contributed by atoms with van der Waals surface area (Å²) in [5.74, 6) is 1.12. The van der Waals surface area contributed by atoms with Crippen LogP contribution >= 0.6 is 0 Å². The molecule has 0 radical (unpaired) electrons. The fraction of sp³-hybridized carbons (Fsp3) is 0.559. The fourth-order valence-corrected chi connectivity index (χ4v) is 14.7. The summed E-state index contributed by atoms with van der Waals surface area (Å²) in [5.41, 5.74) is 8.58. The molecule has 20 heteroatoms. The molecule has 4 aromatic carbocycles. The van der Waals surface area contributed by atoms with Crippen LogP contribution in [0.1, 0.15) is 102 Å². The molecule has 3 heterocycles. The Balaban J connectivity index is 0.736. The van der Waals surface area contributed by atoms with E-state index in [2.05, 4.69) is 55.5 Å². The van der Waals surface area contributed by atoms with Gasteiger partial charge in [0, 0.05) is 99.8 Å². The number of carbonyl (C=O) groups is 6. The number of benzene rings is 4. The molecule has 8 N–H and O–H groups in total. The summed E-state index contributed by atoms with van der Waals surface area (Å²) < 4.78 is 21.5. The summed E-state index contributed by atoms with van der Waals surface area (Å²) in [7, 11) is 6.52. The number of rotatable bonds is 24. The zero-order valence-electron chi connectivity index (χ0n) is 52.9. The van der Waals surface area contributed by atoms with Gasteiger partial charge in [-0.3, -0.25) is 43.5 Å². The Kier molecular flexibility index (Phi) is 19.2. The Morgan fingerprint density at radius 1 is 0.398 bits per heavy atom. The highest BCUT2D eigenvalue weighted by Gasteiger charge is 2.57. The van der Waals surface area contributed by atoms with E-state index in [-0.39, 0.29) is 83.0 Å². The molecular weight excluding hydrogens is 1120 g/mol. The lowest BCUT2D eigenvalue weighted by Gasteiger charge is -2.51. The topological polar surface area (TPSA) is 247 Å². The zero-order chi connectivity index (χ0) is 62.8. The Labute approximate surface area is 518 Å². The van der Waals surface area contributed by atoms with Crippen molar-refractivity contribution in [3.63, 3.8) is 0 Å². The van der Waals surface area contributed by atoms with Crippen LogP contribution in [0.25, 0.3) is 0 Å². The molecule has 6 fully saturated rings. The number of nitrogens with one attached hydrogen (secondary N) is 6. The highest BCUT2D eigenvalue weighted by Crippen LogP contribution is 2.49. The lowest BCUT2D eigenvalue weighted by molar-refractivity contribution is -0.142. The van der Waals surface area contributed by atoms with Crippen LogP contribution in [0.15, 0.2) is 97.1 Å². The van der Waals surface area contributed by atoms with E-state index in [1.807, 2.05) is 130 Å². The highest BCUT2D eigenvalue weighted by molar-refractivity contribution is 5.87. The molecule has 20 nitrogen and oxygen atoms in total. The third-order valence-electron chi connectivity index (χ3n) is 20.9. The Bertz CT molecular complexity index is 3140. The lowest BCUT2D eigenvalue weighted by atomic mass is 9.58. The van der Waals surface area contributed by atoms with Gasteiger partial charge in [0.2, 0.25) is 35.4 Å². The predicted molar refractivity (Wildman–Crippen MR) is 334 cm³/mol. The van der Waals surface area contributed by atoms with Crippen LogP contribution in [0.2, 0.25) is 0 Å². The number of amides is 6. The van der Waals surface area contributed by atoms with E-state index in [1.54, 1.807) is 28.4 Å². The molecule has 3 saturated carbocycles. The molecule has 474 valence electrons. The third-order valence-corrected chi connectivity index (χ3v) is 20.9. The number of primary amides is 1. The van der Waals surface area contributed by atoms with Crippen LogP contribution in [0.5, 0.6) is 23.0 Å². The highest BCUT2D eigenvalue weighted by atomic mass is 16.5. The molecule has 4 aromatic rings. The van der Waals surface area contributed by atoms with Crippen molar-refractivity contribution in [2.24, 2.45) is 39.7 Å². The molecule has 3 aliphatic carbocycles. The van der Waals surface area contributed by atoms with E-state index in [9.17, 15) is 28.8 Å². The summed E-state index contributed by atoms with van der Waals surface area (Å²) >= 11 is 0. The minimum absolute atomic E-state index is 0.00466. The number of methoxy groups -OCH3 is 4. The molecule has 12 atom stereocenters. The number of nitrogens with zero attached hydrogens (tertiary/aromatic N) is 3. The Morgan fingerprint density at radius 3 is 0.977 bits per heavy atom. The molecule has 6 amide bonds. The summed E-state index contributed by atoms with van der Waals surface area (Å²) in [6.45, 7) is 15.9. The van der Waals surface area contributed by atoms with Gasteiger partial charge < -0.3 is 56.6 Å². The molecule has 88 heavy (non-hydrogen) atoms. The van der Waals surface area contributed by atoms with Crippen LogP contribution in [0.4, 0.5) is 0 Å². The molecular formula is C68H92N10O10. The van der Waals surface area contributed by atoms with Gasteiger partial charge in [-0.2, -0.15) is 0 Å². The maximum atomic E-state index is 14.6. The van der Waals surface area contributed by atoms with E-state index in [1.165, 1.54) is 0 Å². The van der Waals surface area contributed by atoms with Gasteiger partial charge in [-0.05, 0) is 126 Å². The summed E-state index contributed by atoms with van der Waals surface area (Å²) in [5, 5.41) is 20.2. The number of hydrogen-bond donors (Lipinski definition) is 7. The van der Waals surface area contributed by atoms with Gasteiger partial charge in [-0.25, -0.2) is 0 Å². The monoisotopic (exact) mass is 1210 g/mol. The van der Waals surface area contributed by atoms with Crippen LogP contribution in [0.3, 0.4) is 0 Å². The first-order chi connectivity index (χ1) is 42.0. The zero-order valence-corrected chi connectivity index (χ0v) is 52.9. The second-order valence-electron chi connectivity index (χ2n) is 27.3. The largest absolute Gasteiger partial charge is 0.497 e.